The Labute approximate surface area is 127 Å². The van der Waals surface area contributed by atoms with Gasteiger partial charge in [0.05, 0.1) is 13.2 Å². The van der Waals surface area contributed by atoms with Gasteiger partial charge in [0.25, 0.3) is 0 Å². The van der Waals surface area contributed by atoms with Crippen LogP contribution in [0.3, 0.4) is 0 Å². The Bertz CT molecular complexity index is 732. The first-order valence-corrected chi connectivity index (χ1v) is 7.25. The number of halogens is 1. The van der Waals surface area contributed by atoms with Crippen LogP contribution in [0.2, 0.25) is 0 Å². The Balaban J connectivity index is 1.84. The fraction of sp³-hybridized carbons (Fsp3) is 0.294. The lowest BCUT2D eigenvalue weighted by molar-refractivity contribution is 0.174. The number of rotatable bonds is 2. The van der Waals surface area contributed by atoms with Gasteiger partial charge in [-0.15, -0.1) is 0 Å². The summed E-state index contributed by atoms with van der Waals surface area (Å²) in [6.45, 7) is 1.07. The molecule has 0 aromatic heterocycles. The monoisotopic (exact) mass is 301 g/mol. The van der Waals surface area contributed by atoms with Gasteiger partial charge in [0.1, 0.15) is 11.6 Å². The molecule has 4 nitrogen and oxygen atoms in total. The lowest BCUT2D eigenvalue weighted by atomic mass is 9.89. The van der Waals surface area contributed by atoms with E-state index in [1.165, 1.54) is 17.7 Å². The van der Waals surface area contributed by atoms with Gasteiger partial charge in [-0.05, 0) is 47.9 Å². The molecule has 1 N–H and O–H groups in total. The normalized spacial score (nSPS) is 18.9. The number of ether oxygens (including phenoxy) is 3. The summed E-state index contributed by atoms with van der Waals surface area (Å²) in [6.07, 6.45) is 0.903. The van der Waals surface area contributed by atoms with Crippen molar-refractivity contribution in [1.29, 1.82) is 0 Å². The molecule has 22 heavy (non-hydrogen) atoms. The number of methoxy groups -OCH3 is 1. The van der Waals surface area contributed by atoms with E-state index in [0.29, 0.717) is 5.75 Å². The van der Waals surface area contributed by atoms with Crippen LogP contribution in [-0.4, -0.2) is 20.4 Å². The third-order valence-corrected chi connectivity index (χ3v) is 4.19. The summed E-state index contributed by atoms with van der Waals surface area (Å²) in [5, 5.41) is 3.44. The highest BCUT2D eigenvalue weighted by Gasteiger charge is 2.27. The minimum Gasteiger partial charge on any atom is -0.496 e. The van der Waals surface area contributed by atoms with E-state index < -0.39 is 0 Å². The van der Waals surface area contributed by atoms with Gasteiger partial charge in [-0.25, -0.2) is 4.39 Å². The second-order valence-corrected chi connectivity index (χ2v) is 5.43. The average Bonchev–Trinajstić information content (AvgIpc) is 2.99. The summed E-state index contributed by atoms with van der Waals surface area (Å²) < 4.78 is 30.0. The van der Waals surface area contributed by atoms with E-state index in [0.717, 1.165) is 35.6 Å². The molecule has 2 heterocycles. The summed E-state index contributed by atoms with van der Waals surface area (Å²) in [5.74, 6) is 1.92. The summed E-state index contributed by atoms with van der Waals surface area (Å²) in [5.41, 5.74) is 3.07. The predicted molar refractivity (Wildman–Crippen MR) is 79.1 cm³/mol. The highest BCUT2D eigenvalue weighted by atomic mass is 19.1. The molecule has 0 aliphatic carbocycles. The smallest absolute Gasteiger partial charge is 0.231 e. The van der Waals surface area contributed by atoms with Gasteiger partial charge in [0.15, 0.2) is 11.5 Å². The Morgan fingerprint density at radius 3 is 2.77 bits per heavy atom. The van der Waals surface area contributed by atoms with E-state index in [-0.39, 0.29) is 18.7 Å². The SMILES string of the molecule is COc1ccc(F)cc1C1NCCc2cc3c(cc21)OCO3. The van der Waals surface area contributed by atoms with Crippen molar-refractivity contribution in [3.05, 3.63) is 52.8 Å². The van der Waals surface area contributed by atoms with Crippen molar-refractivity contribution in [3.63, 3.8) is 0 Å². The van der Waals surface area contributed by atoms with E-state index in [2.05, 4.69) is 5.32 Å². The van der Waals surface area contributed by atoms with Gasteiger partial charge in [0.2, 0.25) is 6.79 Å². The first kappa shape index (κ1) is 13.4. The van der Waals surface area contributed by atoms with Crippen LogP contribution in [0.4, 0.5) is 4.39 Å². The van der Waals surface area contributed by atoms with Crippen LogP contribution in [0, 0.1) is 5.82 Å². The zero-order valence-electron chi connectivity index (χ0n) is 12.2. The Morgan fingerprint density at radius 1 is 1.14 bits per heavy atom. The van der Waals surface area contributed by atoms with Crippen LogP contribution in [-0.2, 0) is 6.42 Å². The lowest BCUT2D eigenvalue weighted by Crippen LogP contribution is -2.30. The number of nitrogens with one attached hydrogen (secondary N) is 1. The lowest BCUT2D eigenvalue weighted by Gasteiger charge is -2.28. The van der Waals surface area contributed by atoms with E-state index in [9.17, 15) is 4.39 Å². The number of benzene rings is 2. The fourth-order valence-corrected chi connectivity index (χ4v) is 3.15. The minimum atomic E-state index is -0.273. The van der Waals surface area contributed by atoms with Crippen molar-refractivity contribution in [2.24, 2.45) is 0 Å². The quantitative estimate of drug-likeness (QED) is 0.926. The van der Waals surface area contributed by atoms with Gasteiger partial charge >= 0.3 is 0 Å². The van der Waals surface area contributed by atoms with Crippen molar-refractivity contribution >= 4 is 0 Å². The van der Waals surface area contributed by atoms with E-state index in [4.69, 9.17) is 14.2 Å². The molecule has 0 radical (unpaired) electrons. The maximum atomic E-state index is 13.7. The van der Waals surface area contributed by atoms with Crippen molar-refractivity contribution in [2.75, 3.05) is 20.4 Å². The number of hydrogen-bond donors (Lipinski definition) is 1. The van der Waals surface area contributed by atoms with Gasteiger partial charge in [0, 0.05) is 12.1 Å². The maximum absolute atomic E-state index is 13.7. The molecule has 0 spiro atoms. The Morgan fingerprint density at radius 2 is 1.95 bits per heavy atom. The van der Waals surface area contributed by atoms with E-state index >= 15 is 0 Å². The molecule has 0 amide bonds. The first-order valence-electron chi connectivity index (χ1n) is 7.25. The van der Waals surface area contributed by atoms with Crippen molar-refractivity contribution in [3.8, 4) is 17.2 Å². The predicted octanol–water partition coefficient (Wildman–Crippen LogP) is 2.80. The zero-order valence-corrected chi connectivity index (χ0v) is 12.2. The first-order chi connectivity index (χ1) is 10.8. The standard InChI is InChI=1S/C17H16FNO3/c1-20-14-3-2-11(18)7-13(14)17-12-8-16-15(21-9-22-16)6-10(12)4-5-19-17/h2-3,6-8,17,19H,4-5,9H2,1H3. The molecule has 0 saturated heterocycles. The summed E-state index contributed by atoms with van der Waals surface area (Å²) in [7, 11) is 1.60. The third kappa shape index (κ3) is 2.09. The summed E-state index contributed by atoms with van der Waals surface area (Å²) >= 11 is 0. The highest BCUT2D eigenvalue weighted by Crippen LogP contribution is 2.41. The van der Waals surface area contributed by atoms with Gasteiger partial charge in [-0.1, -0.05) is 0 Å². The largest absolute Gasteiger partial charge is 0.496 e. The van der Waals surface area contributed by atoms with Crippen molar-refractivity contribution in [2.45, 2.75) is 12.5 Å². The topological polar surface area (TPSA) is 39.7 Å². The zero-order chi connectivity index (χ0) is 15.1. The molecule has 0 bridgehead atoms. The molecule has 2 aliphatic rings. The van der Waals surface area contributed by atoms with Crippen molar-refractivity contribution in [1.82, 2.24) is 5.32 Å². The van der Waals surface area contributed by atoms with Crippen LogP contribution in [0.1, 0.15) is 22.7 Å². The number of fused-ring (bicyclic) bond motifs is 2. The molecule has 2 aromatic rings. The van der Waals surface area contributed by atoms with E-state index in [1.54, 1.807) is 13.2 Å². The van der Waals surface area contributed by atoms with Crippen LogP contribution >= 0.6 is 0 Å². The summed E-state index contributed by atoms with van der Waals surface area (Å²) in [4.78, 5) is 0. The third-order valence-electron chi connectivity index (χ3n) is 4.19. The molecule has 2 aromatic carbocycles. The minimum absolute atomic E-state index is 0.121. The second-order valence-electron chi connectivity index (χ2n) is 5.43. The summed E-state index contributed by atoms with van der Waals surface area (Å²) in [6, 6.07) is 8.48. The molecule has 4 rings (SSSR count). The Kier molecular flexibility index (Phi) is 3.15. The molecular weight excluding hydrogens is 285 g/mol. The Hall–Kier alpha value is -2.27. The average molecular weight is 301 g/mol. The van der Waals surface area contributed by atoms with Gasteiger partial charge < -0.3 is 19.5 Å². The van der Waals surface area contributed by atoms with E-state index in [1.807, 2.05) is 12.1 Å². The van der Waals surface area contributed by atoms with Crippen LogP contribution in [0.25, 0.3) is 0 Å². The molecule has 0 saturated carbocycles. The molecule has 2 aliphatic heterocycles. The molecule has 1 atom stereocenters. The highest BCUT2D eigenvalue weighted by molar-refractivity contribution is 5.54. The number of hydrogen-bond acceptors (Lipinski definition) is 4. The van der Waals surface area contributed by atoms with Crippen LogP contribution in [0.15, 0.2) is 30.3 Å². The van der Waals surface area contributed by atoms with Gasteiger partial charge in [-0.3, -0.25) is 0 Å². The molecular formula is C17H16FNO3. The van der Waals surface area contributed by atoms with Crippen LogP contribution < -0.4 is 19.5 Å². The van der Waals surface area contributed by atoms with Gasteiger partial charge in [-0.2, -0.15) is 0 Å². The fourth-order valence-electron chi connectivity index (χ4n) is 3.15. The molecule has 5 heteroatoms. The molecule has 114 valence electrons. The van der Waals surface area contributed by atoms with Crippen LogP contribution in [0.5, 0.6) is 17.2 Å². The molecule has 0 fully saturated rings. The maximum Gasteiger partial charge on any atom is 0.231 e. The van der Waals surface area contributed by atoms with Crippen molar-refractivity contribution < 1.29 is 18.6 Å². The molecule has 1 unspecified atom stereocenters. The second kappa shape index (κ2) is 5.18.